The average Bonchev–Trinajstić information content (AvgIpc) is 2.63. The van der Waals surface area contributed by atoms with Crippen LogP contribution in [0, 0.1) is 0 Å². The van der Waals surface area contributed by atoms with Crippen LogP contribution in [0.2, 0.25) is 0 Å². The predicted octanol–water partition coefficient (Wildman–Crippen LogP) is 3.70. The average molecular weight is 487 g/mol. The van der Waals surface area contributed by atoms with Gasteiger partial charge in [0, 0.05) is 0 Å². The van der Waals surface area contributed by atoms with E-state index in [1.807, 2.05) is 27.7 Å². The molecular weight excluding hydrogens is 465 g/mol. The van der Waals surface area contributed by atoms with Gasteiger partial charge in [0.15, 0.2) is 0 Å². The van der Waals surface area contributed by atoms with Gasteiger partial charge in [0.1, 0.15) is 0 Å². The van der Waals surface area contributed by atoms with Crippen molar-refractivity contribution in [2.75, 3.05) is 0 Å². The second-order valence-electron chi connectivity index (χ2n) is 6.43. The monoisotopic (exact) mass is 486 g/mol. The maximum atomic E-state index is 5.47. The standard InChI is InChI=1S/C6H13O2PS2.2C6H5.Sb/c1-5(2)6(3,4)8-9(10,11)7-5;2*1-2-4-6-5-3-1;/h1-4H3,(H,10,11);2*1-5H;/p-1. The number of rotatable bonds is 2. The van der Waals surface area contributed by atoms with E-state index in [-0.39, 0.29) is 32.8 Å². The fraction of sp³-hybridized carbons (Fsp3) is 0.333. The van der Waals surface area contributed by atoms with Crippen molar-refractivity contribution >= 4 is 58.4 Å². The summed E-state index contributed by atoms with van der Waals surface area (Å²) in [6, 6.07) is 21.5. The molecule has 24 heavy (non-hydrogen) atoms. The Labute approximate surface area is 166 Å². The number of hydrogen-bond acceptors (Lipinski definition) is 4. The molecule has 0 N–H and O–H groups in total. The molecule has 1 aliphatic rings. The van der Waals surface area contributed by atoms with Crippen molar-refractivity contribution in [2.45, 2.75) is 38.9 Å². The second kappa shape index (κ2) is 8.25. The summed E-state index contributed by atoms with van der Waals surface area (Å²) >= 11 is 9.64. The van der Waals surface area contributed by atoms with Gasteiger partial charge in [-0.05, 0) is 27.7 Å². The van der Waals surface area contributed by atoms with Crippen molar-refractivity contribution < 1.29 is 9.05 Å². The summed E-state index contributed by atoms with van der Waals surface area (Å²) in [6.45, 7) is 7.81. The molecule has 0 aromatic heterocycles. The quantitative estimate of drug-likeness (QED) is 0.366. The third kappa shape index (κ3) is 5.87. The van der Waals surface area contributed by atoms with Crippen molar-refractivity contribution in [1.29, 1.82) is 0 Å². The van der Waals surface area contributed by atoms with Gasteiger partial charge >= 0.3 is 89.3 Å². The van der Waals surface area contributed by atoms with Crippen molar-refractivity contribution in [1.82, 2.24) is 0 Å². The van der Waals surface area contributed by atoms with Crippen molar-refractivity contribution in [3.05, 3.63) is 60.7 Å². The summed E-state index contributed by atoms with van der Waals surface area (Å²) in [6.07, 6.45) is 0. The first kappa shape index (κ1) is 20.5. The molecule has 1 fully saturated rings. The molecule has 2 aromatic carbocycles. The van der Waals surface area contributed by atoms with Gasteiger partial charge in [-0.3, -0.25) is 0 Å². The van der Waals surface area contributed by atoms with Crippen molar-refractivity contribution in [2.24, 2.45) is 0 Å². The van der Waals surface area contributed by atoms with Gasteiger partial charge in [0.25, 0.3) is 0 Å². The van der Waals surface area contributed by atoms with E-state index in [1.54, 1.807) is 0 Å². The molecule has 1 aliphatic heterocycles. The van der Waals surface area contributed by atoms with Gasteiger partial charge in [-0.15, -0.1) is 0 Å². The molecular formula is C18H22O2PS2Sb-. The van der Waals surface area contributed by atoms with E-state index in [9.17, 15) is 0 Å². The van der Waals surface area contributed by atoms with Crippen LogP contribution in [0.3, 0.4) is 0 Å². The van der Waals surface area contributed by atoms with Gasteiger partial charge in [-0.2, -0.15) is 0 Å². The van der Waals surface area contributed by atoms with Crippen LogP contribution in [0.15, 0.2) is 60.7 Å². The molecule has 0 amide bonds. The van der Waals surface area contributed by atoms with E-state index in [1.165, 1.54) is 7.02 Å². The summed E-state index contributed by atoms with van der Waals surface area (Å²) in [5.41, 5.74) is -3.08. The van der Waals surface area contributed by atoms with Crippen LogP contribution in [-0.2, 0) is 33.1 Å². The number of hydrogen-bond donors (Lipinski definition) is 0. The molecule has 1 radical (unpaired) electrons. The van der Waals surface area contributed by atoms with Gasteiger partial charge in [0.2, 0.25) is 0 Å². The zero-order chi connectivity index (χ0) is 17.8. The van der Waals surface area contributed by atoms with Gasteiger partial charge in [-0.1, -0.05) is 11.8 Å². The number of benzene rings is 2. The molecule has 0 spiro atoms. The Morgan fingerprint density at radius 1 is 0.792 bits per heavy atom. The van der Waals surface area contributed by atoms with Gasteiger partial charge < -0.3 is 21.3 Å². The summed E-state index contributed by atoms with van der Waals surface area (Å²) in [7, 11) is 0. The molecule has 0 saturated carbocycles. The molecule has 3 rings (SSSR count). The summed E-state index contributed by atoms with van der Waals surface area (Å²) < 4.78 is 14.0. The first-order chi connectivity index (χ1) is 11.1. The SMILES string of the molecule is CC1(C)OP(=S)([S-])OC1(C)C.c1cc[c]([Sb][c]2ccccc2)cc1. The van der Waals surface area contributed by atoms with E-state index >= 15 is 0 Å². The molecule has 1 heterocycles. The molecule has 2 aromatic rings. The Morgan fingerprint density at radius 2 is 1.12 bits per heavy atom. The fourth-order valence-corrected chi connectivity index (χ4v) is 8.47. The van der Waals surface area contributed by atoms with E-state index in [2.05, 4.69) is 60.7 Å². The normalized spacial score (nSPS) is 20.0. The first-order valence-electron chi connectivity index (χ1n) is 7.66. The molecule has 129 valence electrons. The molecule has 0 bridgehead atoms. The minimum absolute atomic E-state index is 0.335. The Balaban J connectivity index is 0.000000177. The molecule has 6 heteroatoms. The van der Waals surface area contributed by atoms with E-state index in [0.29, 0.717) is 0 Å². The Morgan fingerprint density at radius 3 is 1.38 bits per heavy atom. The summed E-state index contributed by atoms with van der Waals surface area (Å²) in [5, 5.41) is 0. The van der Waals surface area contributed by atoms with E-state index in [0.717, 1.165) is 0 Å². The Hall–Kier alpha value is 0.178. The third-order valence-electron chi connectivity index (χ3n) is 3.90. The first-order valence-corrected chi connectivity index (χ1v) is 13.9. The molecule has 0 unspecified atom stereocenters. The molecule has 0 aliphatic carbocycles. The van der Waals surface area contributed by atoms with Gasteiger partial charge in [0.05, 0.1) is 16.9 Å². The minimum atomic E-state index is -2.37. The third-order valence-corrected chi connectivity index (χ3v) is 9.33. The summed E-state index contributed by atoms with van der Waals surface area (Å²) in [5.74, 6) is 0. The van der Waals surface area contributed by atoms with E-state index in [4.69, 9.17) is 33.1 Å². The zero-order valence-corrected chi connectivity index (χ0v) is 19.4. The second-order valence-corrected chi connectivity index (χ2v) is 14.9. The Bertz CT molecular complexity index is 648. The van der Waals surface area contributed by atoms with Crippen molar-refractivity contribution in [3.63, 3.8) is 0 Å². The van der Waals surface area contributed by atoms with Crippen LogP contribution in [0.1, 0.15) is 27.7 Å². The molecule has 0 atom stereocenters. The van der Waals surface area contributed by atoms with Crippen LogP contribution in [0.4, 0.5) is 0 Å². The Kier molecular flexibility index (Phi) is 7.04. The van der Waals surface area contributed by atoms with Crippen LogP contribution >= 0.6 is 5.69 Å². The van der Waals surface area contributed by atoms with Crippen LogP contribution < -0.4 is 7.02 Å². The fourth-order valence-electron chi connectivity index (χ4n) is 1.95. The van der Waals surface area contributed by atoms with Gasteiger partial charge in [-0.25, -0.2) is 0 Å². The summed E-state index contributed by atoms with van der Waals surface area (Å²) in [4.78, 5) is 0. The molecule has 2 nitrogen and oxygen atoms in total. The molecule has 1 saturated heterocycles. The predicted molar refractivity (Wildman–Crippen MR) is 110 cm³/mol. The van der Waals surface area contributed by atoms with Crippen LogP contribution in [0.5, 0.6) is 0 Å². The zero-order valence-electron chi connectivity index (χ0n) is 14.3. The van der Waals surface area contributed by atoms with E-state index < -0.39 is 5.69 Å². The topological polar surface area (TPSA) is 18.5 Å². The maximum absolute atomic E-state index is 5.47. The van der Waals surface area contributed by atoms with Crippen LogP contribution in [0.25, 0.3) is 0 Å². The van der Waals surface area contributed by atoms with Crippen LogP contribution in [-0.4, -0.2) is 32.8 Å². The van der Waals surface area contributed by atoms with Crippen molar-refractivity contribution in [3.8, 4) is 0 Å².